The molecule has 26 heavy (non-hydrogen) atoms. The number of hydrogen-bond donors (Lipinski definition) is 2. The second-order valence-electron chi connectivity index (χ2n) is 7.06. The minimum Gasteiger partial charge on any atom is -0.459 e. The fraction of sp³-hybridized carbons (Fsp3) is 0.588. The summed E-state index contributed by atoms with van der Waals surface area (Å²) in [6.07, 6.45) is 1.41. The van der Waals surface area contributed by atoms with E-state index in [-0.39, 0.29) is 40.2 Å². The third-order valence-electron chi connectivity index (χ3n) is 4.57. The summed E-state index contributed by atoms with van der Waals surface area (Å²) >= 11 is 3.38. The van der Waals surface area contributed by atoms with Crippen molar-refractivity contribution in [3.8, 4) is 0 Å². The van der Waals surface area contributed by atoms with E-state index in [2.05, 4.69) is 10.6 Å². The van der Waals surface area contributed by atoms with Crippen LogP contribution in [0.25, 0.3) is 0 Å². The van der Waals surface area contributed by atoms with Crippen LogP contribution in [0.5, 0.6) is 0 Å². The summed E-state index contributed by atoms with van der Waals surface area (Å²) in [7, 11) is 0. The van der Waals surface area contributed by atoms with Gasteiger partial charge in [-0.1, -0.05) is 13.8 Å². The largest absolute Gasteiger partial charge is 0.459 e. The van der Waals surface area contributed by atoms with Crippen LogP contribution in [-0.2, 0) is 9.59 Å². The van der Waals surface area contributed by atoms with Crippen molar-refractivity contribution in [2.24, 2.45) is 5.41 Å². The van der Waals surface area contributed by atoms with E-state index in [1.54, 1.807) is 29.6 Å². The zero-order valence-corrected chi connectivity index (χ0v) is 16.5. The van der Waals surface area contributed by atoms with Gasteiger partial charge in [0.05, 0.1) is 18.8 Å². The average molecular weight is 398 g/mol. The maximum absolute atomic E-state index is 12.6. The van der Waals surface area contributed by atoms with Crippen molar-refractivity contribution in [1.82, 2.24) is 15.5 Å². The lowest BCUT2D eigenvalue weighted by Gasteiger charge is -2.26. The van der Waals surface area contributed by atoms with Crippen LogP contribution in [0.3, 0.4) is 0 Å². The van der Waals surface area contributed by atoms with Crippen LogP contribution in [0.1, 0.15) is 24.4 Å². The second-order valence-corrected chi connectivity index (χ2v) is 9.79. The normalized spacial score (nSPS) is 22.4. The molecule has 2 aliphatic rings. The summed E-state index contributed by atoms with van der Waals surface area (Å²) in [5.74, 6) is 1.63. The molecule has 2 N–H and O–H groups in total. The van der Waals surface area contributed by atoms with Gasteiger partial charge in [0, 0.05) is 30.0 Å². The Morgan fingerprint density at radius 1 is 1.31 bits per heavy atom. The number of likely N-dealkylation sites (tertiary alicyclic amines) is 1. The molecule has 3 heterocycles. The van der Waals surface area contributed by atoms with Crippen LogP contribution in [0.4, 0.5) is 0 Å². The number of rotatable bonds is 5. The summed E-state index contributed by atoms with van der Waals surface area (Å²) in [4.78, 5) is 38.5. The Morgan fingerprint density at radius 2 is 2.04 bits per heavy atom. The van der Waals surface area contributed by atoms with Gasteiger partial charge in [-0.3, -0.25) is 14.4 Å². The number of carbonyl (C=O) groups is 3. The molecule has 0 radical (unpaired) electrons. The summed E-state index contributed by atoms with van der Waals surface area (Å²) in [5, 5.41) is 5.49. The predicted molar refractivity (Wildman–Crippen MR) is 102 cm³/mol. The lowest BCUT2D eigenvalue weighted by atomic mass is 9.88. The third kappa shape index (κ3) is 4.37. The Hall–Kier alpha value is -1.61. The zero-order valence-electron chi connectivity index (χ0n) is 14.8. The molecule has 9 heteroatoms. The summed E-state index contributed by atoms with van der Waals surface area (Å²) in [6.45, 7) is 5.08. The minimum absolute atomic E-state index is 0.0205. The van der Waals surface area contributed by atoms with Gasteiger partial charge >= 0.3 is 0 Å². The molecule has 2 saturated heterocycles. The lowest BCUT2D eigenvalue weighted by Crippen LogP contribution is -2.48. The van der Waals surface area contributed by atoms with Crippen LogP contribution in [0.15, 0.2) is 22.8 Å². The topological polar surface area (TPSA) is 91.7 Å². The predicted octanol–water partition coefficient (Wildman–Crippen LogP) is 1.17. The molecular weight excluding hydrogens is 374 g/mol. The fourth-order valence-corrected chi connectivity index (χ4v) is 5.84. The molecule has 1 atom stereocenters. The van der Waals surface area contributed by atoms with Crippen LogP contribution in [0, 0.1) is 5.41 Å². The van der Waals surface area contributed by atoms with E-state index < -0.39 is 5.91 Å². The van der Waals surface area contributed by atoms with Gasteiger partial charge in [0.1, 0.15) is 4.58 Å². The Labute approximate surface area is 161 Å². The molecule has 2 aliphatic heterocycles. The summed E-state index contributed by atoms with van der Waals surface area (Å²) in [6, 6.07) is 3.01. The van der Waals surface area contributed by atoms with Gasteiger partial charge < -0.3 is 20.0 Å². The first-order chi connectivity index (χ1) is 12.4. The number of thioether (sulfide) groups is 2. The molecule has 7 nitrogen and oxygen atoms in total. The van der Waals surface area contributed by atoms with Crippen LogP contribution < -0.4 is 10.6 Å². The highest BCUT2D eigenvalue weighted by Crippen LogP contribution is 2.36. The molecule has 142 valence electrons. The SMILES string of the molecule is CC1(C)CN(C(=O)C2SCCS2)CC1NC(=O)CNC(=O)c1ccco1. The molecule has 3 amide bonds. The van der Waals surface area contributed by atoms with Gasteiger partial charge in [0.15, 0.2) is 5.76 Å². The highest BCUT2D eigenvalue weighted by molar-refractivity contribution is 8.21. The first kappa shape index (κ1) is 19.2. The lowest BCUT2D eigenvalue weighted by molar-refractivity contribution is -0.128. The molecule has 0 spiro atoms. The third-order valence-corrected chi connectivity index (χ3v) is 7.53. The molecule has 1 unspecified atom stereocenters. The van der Waals surface area contributed by atoms with Gasteiger partial charge in [0.25, 0.3) is 5.91 Å². The molecule has 0 aliphatic carbocycles. The quantitative estimate of drug-likeness (QED) is 0.775. The molecule has 1 aromatic rings. The van der Waals surface area contributed by atoms with Crippen molar-refractivity contribution >= 4 is 41.2 Å². The van der Waals surface area contributed by atoms with Gasteiger partial charge in [0.2, 0.25) is 11.8 Å². The van der Waals surface area contributed by atoms with Gasteiger partial charge in [-0.15, -0.1) is 23.5 Å². The standard InChI is InChI=1S/C17H23N3O4S2/c1-17(2)10-20(15(23)16-25-6-7-26-16)9-12(17)19-13(21)8-18-14(22)11-4-3-5-24-11/h3-5,12,16H,6-10H2,1-2H3,(H,18,22)(H,19,21). The van der Waals surface area contributed by atoms with Gasteiger partial charge in [-0.25, -0.2) is 0 Å². The number of hydrogen-bond acceptors (Lipinski definition) is 6. The van der Waals surface area contributed by atoms with E-state index in [1.807, 2.05) is 18.7 Å². The first-order valence-corrected chi connectivity index (χ1v) is 10.6. The van der Waals surface area contributed by atoms with Crippen molar-refractivity contribution in [3.05, 3.63) is 24.2 Å². The first-order valence-electron chi connectivity index (χ1n) is 8.50. The van der Waals surface area contributed by atoms with E-state index in [1.165, 1.54) is 12.3 Å². The molecule has 1 aromatic heterocycles. The molecule has 0 saturated carbocycles. The molecule has 3 rings (SSSR count). The van der Waals surface area contributed by atoms with E-state index in [0.29, 0.717) is 13.1 Å². The maximum Gasteiger partial charge on any atom is 0.287 e. The Balaban J connectivity index is 1.50. The number of carbonyl (C=O) groups excluding carboxylic acids is 3. The Morgan fingerprint density at radius 3 is 2.69 bits per heavy atom. The number of nitrogens with one attached hydrogen (secondary N) is 2. The van der Waals surface area contributed by atoms with Crippen LogP contribution in [0.2, 0.25) is 0 Å². The van der Waals surface area contributed by atoms with E-state index in [4.69, 9.17) is 4.42 Å². The molecule has 0 bridgehead atoms. The van der Waals surface area contributed by atoms with E-state index >= 15 is 0 Å². The number of nitrogens with zero attached hydrogens (tertiary/aromatic N) is 1. The van der Waals surface area contributed by atoms with Gasteiger partial charge in [-0.2, -0.15) is 0 Å². The van der Waals surface area contributed by atoms with Crippen molar-refractivity contribution < 1.29 is 18.8 Å². The van der Waals surface area contributed by atoms with Crippen LogP contribution >= 0.6 is 23.5 Å². The summed E-state index contributed by atoms with van der Waals surface area (Å²) < 4.78 is 4.97. The minimum atomic E-state index is -0.428. The monoisotopic (exact) mass is 397 g/mol. The Bertz CT molecular complexity index is 672. The molecule has 2 fully saturated rings. The molecule has 0 aromatic carbocycles. The number of furan rings is 1. The number of amides is 3. The summed E-state index contributed by atoms with van der Waals surface area (Å²) in [5.41, 5.74) is -0.218. The molecular formula is C17H23N3O4S2. The van der Waals surface area contributed by atoms with Crippen molar-refractivity contribution in [2.75, 3.05) is 31.1 Å². The zero-order chi connectivity index (χ0) is 18.7. The van der Waals surface area contributed by atoms with Crippen LogP contribution in [-0.4, -0.2) is 64.4 Å². The highest BCUT2D eigenvalue weighted by Gasteiger charge is 2.44. The Kier molecular flexibility index (Phi) is 5.86. The highest BCUT2D eigenvalue weighted by atomic mass is 32.2. The van der Waals surface area contributed by atoms with Crippen molar-refractivity contribution in [1.29, 1.82) is 0 Å². The van der Waals surface area contributed by atoms with E-state index in [0.717, 1.165) is 11.5 Å². The smallest absolute Gasteiger partial charge is 0.287 e. The van der Waals surface area contributed by atoms with Gasteiger partial charge in [-0.05, 0) is 12.1 Å². The van der Waals surface area contributed by atoms with Crippen molar-refractivity contribution in [2.45, 2.75) is 24.5 Å². The average Bonchev–Trinajstić information content (AvgIpc) is 3.34. The fourth-order valence-electron chi connectivity index (χ4n) is 3.09. The second kappa shape index (κ2) is 7.96. The van der Waals surface area contributed by atoms with Crippen molar-refractivity contribution in [3.63, 3.8) is 0 Å². The maximum atomic E-state index is 12.6. The van der Waals surface area contributed by atoms with E-state index in [9.17, 15) is 14.4 Å².